The summed E-state index contributed by atoms with van der Waals surface area (Å²) < 4.78 is 49.4. The molecule has 0 fully saturated rings. The summed E-state index contributed by atoms with van der Waals surface area (Å²) in [5, 5.41) is 5.07. The molecular weight excluding hydrogens is 362 g/mol. The van der Waals surface area contributed by atoms with Crippen LogP contribution in [0.15, 0.2) is 58.3 Å². The predicted molar refractivity (Wildman–Crippen MR) is 97.2 cm³/mol. The maximum Gasteiger partial charge on any atom is 0.243 e. The van der Waals surface area contributed by atoms with Crippen molar-refractivity contribution in [1.82, 2.24) is 4.31 Å². The fourth-order valence-electron chi connectivity index (χ4n) is 2.23. The standard InChI is InChI=1S/C16H21N3O4S2/c1-18(2)14-9-7-13(8-10-14)12-19(3)25(22,23)16-6-4-5-15(11-16)24(17,20)21/h4-11H,12H2,1-3H3,(H2,17,20,21). The summed E-state index contributed by atoms with van der Waals surface area (Å²) in [7, 11) is -2.53. The van der Waals surface area contributed by atoms with Gasteiger partial charge in [-0.2, -0.15) is 4.31 Å². The molecule has 2 N–H and O–H groups in total. The average molecular weight is 383 g/mol. The van der Waals surface area contributed by atoms with E-state index < -0.39 is 20.0 Å². The molecule has 0 unspecified atom stereocenters. The molecule has 0 aliphatic heterocycles. The first-order valence-corrected chi connectivity index (χ1v) is 10.4. The molecule has 0 bridgehead atoms. The smallest absolute Gasteiger partial charge is 0.243 e. The monoisotopic (exact) mass is 383 g/mol. The van der Waals surface area contributed by atoms with Crippen molar-refractivity contribution in [3.63, 3.8) is 0 Å². The summed E-state index contributed by atoms with van der Waals surface area (Å²) in [5.74, 6) is 0. The first-order chi connectivity index (χ1) is 11.5. The summed E-state index contributed by atoms with van der Waals surface area (Å²) in [6.07, 6.45) is 0. The van der Waals surface area contributed by atoms with Gasteiger partial charge in [0.1, 0.15) is 0 Å². The van der Waals surface area contributed by atoms with Gasteiger partial charge >= 0.3 is 0 Å². The normalized spacial score (nSPS) is 12.4. The van der Waals surface area contributed by atoms with Crippen molar-refractivity contribution in [2.75, 3.05) is 26.0 Å². The number of hydrogen-bond donors (Lipinski definition) is 1. The summed E-state index contributed by atoms with van der Waals surface area (Å²) in [5.41, 5.74) is 1.83. The fraction of sp³-hybridized carbons (Fsp3) is 0.250. The van der Waals surface area contributed by atoms with Crippen molar-refractivity contribution < 1.29 is 16.8 Å². The van der Waals surface area contributed by atoms with Crippen molar-refractivity contribution in [1.29, 1.82) is 0 Å². The summed E-state index contributed by atoms with van der Waals surface area (Å²) in [6, 6.07) is 12.5. The lowest BCUT2D eigenvalue weighted by Crippen LogP contribution is -2.27. The molecular formula is C16H21N3O4S2. The van der Waals surface area contributed by atoms with Crippen molar-refractivity contribution in [3.05, 3.63) is 54.1 Å². The summed E-state index contributed by atoms with van der Waals surface area (Å²) in [6.45, 7) is 0.162. The van der Waals surface area contributed by atoms with E-state index in [2.05, 4.69) is 0 Å². The Morgan fingerprint density at radius 3 is 1.96 bits per heavy atom. The second-order valence-corrected chi connectivity index (χ2v) is 9.45. The zero-order valence-electron chi connectivity index (χ0n) is 14.2. The van der Waals surface area contributed by atoms with Gasteiger partial charge < -0.3 is 4.90 Å². The van der Waals surface area contributed by atoms with Crippen LogP contribution in [-0.4, -0.2) is 42.3 Å². The van der Waals surface area contributed by atoms with Crippen LogP contribution >= 0.6 is 0 Å². The number of primary sulfonamides is 1. The van der Waals surface area contributed by atoms with Gasteiger partial charge in [-0.15, -0.1) is 0 Å². The quantitative estimate of drug-likeness (QED) is 0.808. The molecule has 0 aliphatic carbocycles. The number of nitrogens with two attached hydrogens (primary N) is 1. The van der Waals surface area contributed by atoms with Crippen molar-refractivity contribution in [2.24, 2.45) is 5.14 Å². The third-order valence-electron chi connectivity index (χ3n) is 3.70. The van der Waals surface area contributed by atoms with E-state index in [1.165, 1.54) is 29.6 Å². The highest BCUT2D eigenvalue weighted by molar-refractivity contribution is 7.90. The molecule has 0 aliphatic rings. The highest BCUT2D eigenvalue weighted by Gasteiger charge is 2.22. The third-order valence-corrected chi connectivity index (χ3v) is 6.41. The molecule has 0 spiro atoms. The molecule has 0 aromatic heterocycles. The summed E-state index contributed by atoms with van der Waals surface area (Å²) in [4.78, 5) is 1.59. The second kappa shape index (κ2) is 7.12. The van der Waals surface area contributed by atoms with Crippen LogP contribution in [-0.2, 0) is 26.6 Å². The zero-order chi connectivity index (χ0) is 18.8. The van der Waals surface area contributed by atoms with E-state index in [1.54, 1.807) is 0 Å². The molecule has 0 heterocycles. The molecule has 25 heavy (non-hydrogen) atoms. The number of rotatable bonds is 6. The van der Waals surface area contributed by atoms with Crippen LogP contribution in [0.25, 0.3) is 0 Å². The average Bonchev–Trinajstić information content (AvgIpc) is 2.54. The van der Waals surface area contributed by atoms with Crippen LogP contribution < -0.4 is 10.0 Å². The van der Waals surface area contributed by atoms with Gasteiger partial charge in [-0.25, -0.2) is 22.0 Å². The van der Waals surface area contributed by atoms with Gasteiger partial charge in [-0.1, -0.05) is 18.2 Å². The van der Waals surface area contributed by atoms with E-state index in [0.29, 0.717) is 0 Å². The van der Waals surface area contributed by atoms with Crippen LogP contribution in [0, 0.1) is 0 Å². The first-order valence-electron chi connectivity index (χ1n) is 7.37. The maximum atomic E-state index is 12.7. The largest absolute Gasteiger partial charge is 0.378 e. The highest BCUT2D eigenvalue weighted by Crippen LogP contribution is 2.20. The Morgan fingerprint density at radius 1 is 0.880 bits per heavy atom. The molecule has 0 saturated heterocycles. The van der Waals surface area contributed by atoms with Crippen LogP contribution in [0.1, 0.15) is 5.56 Å². The van der Waals surface area contributed by atoms with Gasteiger partial charge in [0.15, 0.2) is 0 Å². The molecule has 2 aromatic carbocycles. The second-order valence-electron chi connectivity index (χ2n) is 5.84. The molecule has 136 valence electrons. The SMILES string of the molecule is CN(C)c1ccc(CN(C)S(=O)(=O)c2cccc(S(N)(=O)=O)c2)cc1. The van der Waals surface area contributed by atoms with Crippen LogP contribution in [0.3, 0.4) is 0 Å². The lowest BCUT2D eigenvalue weighted by atomic mass is 10.2. The Balaban J connectivity index is 2.27. The Kier molecular flexibility index (Phi) is 5.52. The van der Waals surface area contributed by atoms with Gasteiger partial charge in [0, 0.05) is 33.4 Å². The maximum absolute atomic E-state index is 12.7. The van der Waals surface area contributed by atoms with Gasteiger partial charge in [-0.05, 0) is 35.9 Å². The van der Waals surface area contributed by atoms with E-state index in [0.717, 1.165) is 17.3 Å². The molecule has 0 radical (unpaired) electrons. The van der Waals surface area contributed by atoms with E-state index in [-0.39, 0.29) is 16.3 Å². The number of anilines is 1. The lowest BCUT2D eigenvalue weighted by Gasteiger charge is -2.18. The molecule has 7 nitrogen and oxygen atoms in total. The Hall–Kier alpha value is -1.94. The van der Waals surface area contributed by atoms with Crippen LogP contribution in [0.2, 0.25) is 0 Å². The molecule has 0 saturated carbocycles. The topological polar surface area (TPSA) is 101 Å². The number of nitrogens with zero attached hydrogens (tertiary/aromatic N) is 2. The summed E-state index contributed by atoms with van der Waals surface area (Å²) >= 11 is 0. The fourth-order valence-corrected chi connectivity index (χ4v) is 4.07. The predicted octanol–water partition coefficient (Wildman–Crippen LogP) is 1.22. The minimum absolute atomic E-state index is 0.119. The zero-order valence-corrected chi connectivity index (χ0v) is 15.9. The van der Waals surface area contributed by atoms with Crippen LogP contribution in [0.5, 0.6) is 0 Å². The third kappa shape index (κ3) is 4.57. The Bertz CT molecular complexity index is 953. The van der Waals surface area contributed by atoms with Crippen LogP contribution in [0.4, 0.5) is 5.69 Å². The van der Waals surface area contributed by atoms with Crippen molar-refractivity contribution in [3.8, 4) is 0 Å². The van der Waals surface area contributed by atoms with E-state index in [4.69, 9.17) is 5.14 Å². The highest BCUT2D eigenvalue weighted by atomic mass is 32.2. The lowest BCUT2D eigenvalue weighted by molar-refractivity contribution is 0.466. The molecule has 0 amide bonds. The minimum atomic E-state index is -3.97. The number of benzene rings is 2. The number of hydrogen-bond acceptors (Lipinski definition) is 5. The molecule has 0 atom stereocenters. The van der Waals surface area contributed by atoms with Gasteiger partial charge in [-0.3, -0.25) is 0 Å². The van der Waals surface area contributed by atoms with E-state index in [9.17, 15) is 16.8 Å². The Labute approximate surface area is 148 Å². The molecule has 2 rings (SSSR count). The molecule has 2 aromatic rings. The Morgan fingerprint density at radius 2 is 1.44 bits per heavy atom. The van der Waals surface area contributed by atoms with Crippen molar-refractivity contribution >= 4 is 25.7 Å². The van der Waals surface area contributed by atoms with E-state index >= 15 is 0 Å². The van der Waals surface area contributed by atoms with Gasteiger partial charge in [0.2, 0.25) is 20.0 Å². The first kappa shape index (κ1) is 19.4. The molecule has 9 heteroatoms. The minimum Gasteiger partial charge on any atom is -0.378 e. The van der Waals surface area contributed by atoms with Crippen molar-refractivity contribution in [2.45, 2.75) is 16.3 Å². The van der Waals surface area contributed by atoms with Gasteiger partial charge in [0.25, 0.3) is 0 Å². The number of sulfonamides is 2. The van der Waals surface area contributed by atoms with Gasteiger partial charge in [0.05, 0.1) is 9.79 Å². The van der Waals surface area contributed by atoms with E-state index in [1.807, 2.05) is 43.3 Å².